The second kappa shape index (κ2) is 6.31. The summed E-state index contributed by atoms with van der Waals surface area (Å²) in [5.41, 5.74) is -0.344. The smallest absolute Gasteiger partial charge is 0.278 e. The van der Waals surface area contributed by atoms with E-state index in [2.05, 4.69) is 10.6 Å². The highest BCUT2D eigenvalue weighted by Crippen LogP contribution is 2.33. The van der Waals surface area contributed by atoms with Crippen molar-refractivity contribution in [2.45, 2.75) is 18.9 Å². The molecule has 24 heavy (non-hydrogen) atoms. The van der Waals surface area contributed by atoms with Gasteiger partial charge in [0.15, 0.2) is 0 Å². The molecule has 0 fully saturated rings. The highest BCUT2D eigenvalue weighted by atomic mass is 19.1. The number of nitrogens with one attached hydrogen (secondary N) is 2. The van der Waals surface area contributed by atoms with Crippen LogP contribution in [0.5, 0.6) is 5.75 Å². The van der Waals surface area contributed by atoms with Crippen LogP contribution >= 0.6 is 0 Å². The third-order valence-electron chi connectivity index (χ3n) is 3.90. The van der Waals surface area contributed by atoms with E-state index in [9.17, 15) is 14.0 Å². The quantitative estimate of drug-likeness (QED) is 0.846. The second-order valence-electron chi connectivity index (χ2n) is 5.72. The summed E-state index contributed by atoms with van der Waals surface area (Å²) in [6, 6.07) is 13.1. The Balaban J connectivity index is 1.65. The van der Waals surface area contributed by atoms with Gasteiger partial charge in [-0.1, -0.05) is 24.3 Å². The predicted molar refractivity (Wildman–Crippen MR) is 87.2 cm³/mol. The average Bonchev–Trinajstić information content (AvgIpc) is 2.56. The van der Waals surface area contributed by atoms with Crippen LogP contribution in [0.15, 0.2) is 48.5 Å². The first-order valence-electron chi connectivity index (χ1n) is 7.61. The second-order valence-corrected chi connectivity index (χ2v) is 5.72. The molecular weight excluding hydrogens is 311 g/mol. The molecule has 1 unspecified atom stereocenters. The van der Waals surface area contributed by atoms with Crippen molar-refractivity contribution in [3.05, 3.63) is 59.9 Å². The molecule has 2 aromatic rings. The first-order chi connectivity index (χ1) is 11.5. The monoisotopic (exact) mass is 328 g/mol. The van der Waals surface area contributed by atoms with Crippen LogP contribution in [-0.2, 0) is 16.0 Å². The van der Waals surface area contributed by atoms with E-state index >= 15 is 0 Å². The van der Waals surface area contributed by atoms with E-state index in [0.29, 0.717) is 17.9 Å². The summed E-state index contributed by atoms with van der Waals surface area (Å²) < 4.78 is 18.8. The highest BCUT2D eigenvalue weighted by molar-refractivity contribution is 6.15. The lowest BCUT2D eigenvalue weighted by molar-refractivity contribution is -0.146. The minimum absolute atomic E-state index is 0.274. The number of benzene rings is 2. The molecule has 2 N–H and O–H groups in total. The Labute approximate surface area is 138 Å². The fraction of sp³-hybridized carbons (Fsp3) is 0.222. The van der Waals surface area contributed by atoms with Crippen molar-refractivity contribution in [2.24, 2.45) is 0 Å². The third-order valence-corrected chi connectivity index (χ3v) is 3.90. The zero-order valence-corrected chi connectivity index (χ0v) is 13.1. The number of rotatable bonds is 4. The maximum atomic E-state index is 13.1. The number of halogens is 1. The standard InChI is InChI=1S/C18H17FN2O3/c1-18(17(23)21-14-7-2-3-8-15(14)24-18)16(22)20-10-9-12-5-4-6-13(19)11-12/h2-8,11H,9-10H2,1H3,(H,20,22)(H,21,23). The van der Waals surface area contributed by atoms with Gasteiger partial charge in [-0.25, -0.2) is 4.39 Å². The fourth-order valence-corrected chi connectivity index (χ4v) is 2.50. The number of hydrogen-bond acceptors (Lipinski definition) is 3. The first kappa shape index (κ1) is 16.0. The lowest BCUT2D eigenvalue weighted by Crippen LogP contribution is -2.58. The van der Waals surface area contributed by atoms with Gasteiger partial charge in [-0.3, -0.25) is 9.59 Å². The summed E-state index contributed by atoms with van der Waals surface area (Å²) in [4.78, 5) is 24.7. The van der Waals surface area contributed by atoms with Crippen LogP contribution < -0.4 is 15.4 Å². The molecule has 5 nitrogen and oxygen atoms in total. The van der Waals surface area contributed by atoms with E-state index in [1.54, 1.807) is 36.4 Å². The Bertz CT molecular complexity index is 793. The minimum Gasteiger partial charge on any atom is -0.466 e. The molecule has 2 aromatic carbocycles. The zero-order chi connectivity index (χ0) is 17.2. The first-order valence-corrected chi connectivity index (χ1v) is 7.61. The third kappa shape index (κ3) is 3.08. The molecule has 0 saturated heterocycles. The van der Waals surface area contributed by atoms with Gasteiger partial charge in [-0.2, -0.15) is 0 Å². The van der Waals surface area contributed by atoms with Crippen LogP contribution in [0.1, 0.15) is 12.5 Å². The molecule has 6 heteroatoms. The van der Waals surface area contributed by atoms with Gasteiger partial charge in [0.05, 0.1) is 5.69 Å². The van der Waals surface area contributed by atoms with Gasteiger partial charge < -0.3 is 15.4 Å². The summed E-state index contributed by atoms with van der Waals surface area (Å²) in [5.74, 6) is -0.937. The topological polar surface area (TPSA) is 67.4 Å². The number of carbonyl (C=O) groups excluding carboxylic acids is 2. The van der Waals surface area contributed by atoms with Gasteiger partial charge in [0.1, 0.15) is 11.6 Å². The molecule has 0 aliphatic carbocycles. The molecule has 2 amide bonds. The molecule has 0 bridgehead atoms. The summed E-state index contributed by atoms with van der Waals surface area (Å²) in [5, 5.41) is 5.35. The lowest BCUT2D eigenvalue weighted by atomic mass is 10.0. The molecule has 1 atom stereocenters. The number of amides is 2. The van der Waals surface area contributed by atoms with Gasteiger partial charge in [0.25, 0.3) is 17.4 Å². The highest BCUT2D eigenvalue weighted by Gasteiger charge is 2.46. The van der Waals surface area contributed by atoms with Crippen molar-refractivity contribution in [1.82, 2.24) is 5.32 Å². The predicted octanol–water partition coefficient (Wildman–Crippen LogP) is 2.27. The van der Waals surface area contributed by atoms with Gasteiger partial charge in [0.2, 0.25) is 0 Å². The molecular formula is C18H17FN2O3. The average molecular weight is 328 g/mol. The van der Waals surface area contributed by atoms with Crippen molar-refractivity contribution < 1.29 is 18.7 Å². The zero-order valence-electron chi connectivity index (χ0n) is 13.1. The largest absolute Gasteiger partial charge is 0.466 e. The van der Waals surface area contributed by atoms with Crippen molar-refractivity contribution in [2.75, 3.05) is 11.9 Å². The van der Waals surface area contributed by atoms with E-state index in [1.807, 2.05) is 0 Å². The summed E-state index contributed by atoms with van der Waals surface area (Å²) >= 11 is 0. The molecule has 3 rings (SSSR count). The summed E-state index contributed by atoms with van der Waals surface area (Å²) in [6.45, 7) is 1.70. The molecule has 0 radical (unpaired) electrons. The SMILES string of the molecule is CC1(C(=O)NCCc2cccc(F)c2)Oc2ccccc2NC1=O. The van der Waals surface area contributed by atoms with E-state index in [1.165, 1.54) is 19.1 Å². The molecule has 0 saturated carbocycles. The van der Waals surface area contributed by atoms with Crippen molar-refractivity contribution in [1.29, 1.82) is 0 Å². The van der Waals surface area contributed by atoms with E-state index in [0.717, 1.165) is 5.56 Å². The van der Waals surface area contributed by atoms with Crippen LogP contribution in [0.2, 0.25) is 0 Å². The molecule has 1 aliphatic heterocycles. The van der Waals surface area contributed by atoms with Crippen LogP contribution in [0.4, 0.5) is 10.1 Å². The Morgan fingerprint density at radius 1 is 1.25 bits per heavy atom. The number of anilines is 1. The Morgan fingerprint density at radius 2 is 2.04 bits per heavy atom. The number of carbonyl (C=O) groups is 2. The molecule has 1 heterocycles. The lowest BCUT2D eigenvalue weighted by Gasteiger charge is -2.33. The number of hydrogen-bond donors (Lipinski definition) is 2. The van der Waals surface area contributed by atoms with E-state index in [4.69, 9.17) is 4.74 Å². The van der Waals surface area contributed by atoms with Crippen LogP contribution in [0, 0.1) is 5.82 Å². The molecule has 0 aromatic heterocycles. The van der Waals surface area contributed by atoms with Gasteiger partial charge in [-0.05, 0) is 43.2 Å². The van der Waals surface area contributed by atoms with E-state index in [-0.39, 0.29) is 12.4 Å². The van der Waals surface area contributed by atoms with Crippen LogP contribution in [-0.4, -0.2) is 24.0 Å². The van der Waals surface area contributed by atoms with Gasteiger partial charge >= 0.3 is 0 Å². The normalized spacial score (nSPS) is 19.0. The van der Waals surface area contributed by atoms with Gasteiger partial charge in [-0.15, -0.1) is 0 Å². The summed E-state index contributed by atoms with van der Waals surface area (Å²) in [7, 11) is 0. The molecule has 1 aliphatic rings. The van der Waals surface area contributed by atoms with Crippen LogP contribution in [0.25, 0.3) is 0 Å². The Kier molecular flexibility index (Phi) is 4.20. The van der Waals surface area contributed by atoms with Gasteiger partial charge in [0, 0.05) is 6.54 Å². The maximum Gasteiger partial charge on any atom is 0.278 e. The number of fused-ring (bicyclic) bond motifs is 1. The van der Waals surface area contributed by atoms with Crippen molar-refractivity contribution in [3.8, 4) is 5.75 Å². The molecule has 124 valence electrons. The van der Waals surface area contributed by atoms with E-state index < -0.39 is 17.4 Å². The minimum atomic E-state index is -1.64. The fourth-order valence-electron chi connectivity index (χ4n) is 2.50. The Morgan fingerprint density at radius 3 is 2.83 bits per heavy atom. The maximum absolute atomic E-state index is 13.1. The molecule has 0 spiro atoms. The number of para-hydroxylation sites is 2. The Hall–Kier alpha value is -2.89. The summed E-state index contributed by atoms with van der Waals surface area (Å²) in [6.07, 6.45) is 0.456. The number of ether oxygens (including phenoxy) is 1. The van der Waals surface area contributed by atoms with Crippen molar-refractivity contribution >= 4 is 17.5 Å². The van der Waals surface area contributed by atoms with Crippen molar-refractivity contribution in [3.63, 3.8) is 0 Å². The van der Waals surface area contributed by atoms with Crippen LogP contribution in [0.3, 0.4) is 0 Å².